The average Bonchev–Trinajstić information content (AvgIpc) is 2.61. The molecule has 14 heavy (non-hydrogen) atoms. The summed E-state index contributed by atoms with van der Waals surface area (Å²) >= 11 is 5.88. The average molecular weight is 208 g/mol. The summed E-state index contributed by atoms with van der Waals surface area (Å²) in [6, 6.07) is 3.67. The molecule has 0 amide bonds. The maximum atomic E-state index is 5.88. The van der Waals surface area contributed by atoms with Crippen LogP contribution in [-0.2, 0) is 6.42 Å². The van der Waals surface area contributed by atoms with Crippen LogP contribution in [0.2, 0.25) is 5.15 Å². The largest absolute Gasteiger partial charge is 0.219 e. The quantitative estimate of drug-likeness (QED) is 0.572. The summed E-state index contributed by atoms with van der Waals surface area (Å²) in [5.74, 6) is 0. The highest BCUT2D eigenvalue weighted by molar-refractivity contribution is 6.29. The first-order chi connectivity index (χ1) is 6.81. The van der Waals surface area contributed by atoms with Crippen LogP contribution in [0.3, 0.4) is 0 Å². The van der Waals surface area contributed by atoms with Gasteiger partial charge in [0.05, 0.1) is 6.20 Å². The predicted molar refractivity (Wildman–Crippen MR) is 56.5 cm³/mol. The van der Waals surface area contributed by atoms with E-state index in [0.29, 0.717) is 5.15 Å². The third-order valence-corrected chi connectivity index (χ3v) is 2.20. The Labute approximate surface area is 87.0 Å². The van der Waals surface area contributed by atoms with Gasteiger partial charge in [0.2, 0.25) is 0 Å². The van der Waals surface area contributed by atoms with Crippen molar-refractivity contribution in [3.8, 4) is 0 Å². The molecule has 0 bridgehead atoms. The summed E-state index contributed by atoms with van der Waals surface area (Å²) in [5.41, 5.74) is 1.85. The van der Waals surface area contributed by atoms with E-state index in [1.807, 2.05) is 18.2 Å². The van der Waals surface area contributed by atoms with E-state index < -0.39 is 0 Å². The van der Waals surface area contributed by atoms with Crippen LogP contribution in [0.5, 0.6) is 0 Å². The third-order valence-electron chi connectivity index (χ3n) is 2.01. The van der Waals surface area contributed by atoms with Gasteiger partial charge in [0.15, 0.2) is 5.65 Å². The molecule has 2 aromatic heterocycles. The standard InChI is InChI=1S/C10H10ClN3/c1-2-3-4-8-7-9(11)13-10-5-6-12-14(8)10/h2,5-7H,1,3-4H2. The Balaban J connectivity index is 2.49. The molecule has 0 saturated heterocycles. The summed E-state index contributed by atoms with van der Waals surface area (Å²) in [7, 11) is 0. The van der Waals surface area contributed by atoms with Crippen molar-refractivity contribution in [3.05, 3.63) is 41.8 Å². The molecule has 0 saturated carbocycles. The maximum Gasteiger partial charge on any atom is 0.156 e. The van der Waals surface area contributed by atoms with Crippen LogP contribution in [0.4, 0.5) is 0 Å². The highest BCUT2D eigenvalue weighted by atomic mass is 35.5. The van der Waals surface area contributed by atoms with E-state index in [-0.39, 0.29) is 0 Å². The Morgan fingerprint density at radius 1 is 1.57 bits per heavy atom. The van der Waals surface area contributed by atoms with Crippen LogP contribution in [0.1, 0.15) is 12.1 Å². The molecule has 0 aliphatic rings. The zero-order valence-corrected chi connectivity index (χ0v) is 8.41. The highest BCUT2D eigenvalue weighted by Crippen LogP contribution is 2.12. The highest BCUT2D eigenvalue weighted by Gasteiger charge is 2.03. The summed E-state index contributed by atoms with van der Waals surface area (Å²) in [6.07, 6.45) is 5.39. The molecule has 2 rings (SSSR count). The number of aromatic nitrogens is 3. The van der Waals surface area contributed by atoms with Gasteiger partial charge in [-0.15, -0.1) is 6.58 Å². The molecule has 2 aromatic rings. The minimum absolute atomic E-state index is 0.511. The summed E-state index contributed by atoms with van der Waals surface area (Å²) in [5, 5.41) is 4.69. The molecule has 0 aliphatic heterocycles. The molecule has 0 aliphatic carbocycles. The van der Waals surface area contributed by atoms with E-state index in [0.717, 1.165) is 24.2 Å². The van der Waals surface area contributed by atoms with E-state index in [2.05, 4.69) is 16.7 Å². The van der Waals surface area contributed by atoms with Crippen molar-refractivity contribution < 1.29 is 0 Å². The lowest BCUT2D eigenvalue weighted by atomic mass is 10.2. The first-order valence-corrected chi connectivity index (χ1v) is 4.79. The molecule has 2 heterocycles. The molecule has 0 fully saturated rings. The number of rotatable bonds is 3. The van der Waals surface area contributed by atoms with Crippen molar-refractivity contribution in [2.75, 3.05) is 0 Å². The van der Waals surface area contributed by atoms with Crippen molar-refractivity contribution in [1.29, 1.82) is 0 Å². The number of hydrogen-bond donors (Lipinski definition) is 0. The van der Waals surface area contributed by atoms with E-state index in [9.17, 15) is 0 Å². The second-order valence-corrected chi connectivity index (χ2v) is 3.39. The van der Waals surface area contributed by atoms with E-state index >= 15 is 0 Å². The van der Waals surface area contributed by atoms with Crippen molar-refractivity contribution in [2.45, 2.75) is 12.8 Å². The number of halogens is 1. The van der Waals surface area contributed by atoms with Gasteiger partial charge in [-0.2, -0.15) is 5.10 Å². The Kier molecular flexibility index (Phi) is 2.50. The Morgan fingerprint density at radius 2 is 2.43 bits per heavy atom. The third kappa shape index (κ3) is 1.63. The van der Waals surface area contributed by atoms with Crippen LogP contribution in [-0.4, -0.2) is 14.6 Å². The Morgan fingerprint density at radius 3 is 3.21 bits per heavy atom. The van der Waals surface area contributed by atoms with E-state index in [1.54, 1.807) is 10.7 Å². The van der Waals surface area contributed by atoms with Crippen molar-refractivity contribution in [2.24, 2.45) is 0 Å². The molecule has 0 spiro atoms. The predicted octanol–water partition coefficient (Wildman–Crippen LogP) is 2.50. The fourth-order valence-corrected chi connectivity index (χ4v) is 1.58. The van der Waals surface area contributed by atoms with E-state index in [1.165, 1.54) is 0 Å². The first-order valence-electron chi connectivity index (χ1n) is 4.41. The number of allylic oxidation sites excluding steroid dienone is 1. The summed E-state index contributed by atoms with van der Waals surface area (Å²) in [6.45, 7) is 3.69. The topological polar surface area (TPSA) is 30.2 Å². The number of nitrogens with zero attached hydrogens (tertiary/aromatic N) is 3. The van der Waals surface area contributed by atoms with Crippen molar-refractivity contribution in [1.82, 2.24) is 14.6 Å². The molecule has 72 valence electrons. The monoisotopic (exact) mass is 207 g/mol. The summed E-state index contributed by atoms with van der Waals surface area (Å²) in [4.78, 5) is 4.14. The minimum atomic E-state index is 0.511. The van der Waals surface area contributed by atoms with Gasteiger partial charge in [-0.1, -0.05) is 17.7 Å². The van der Waals surface area contributed by atoms with Crippen LogP contribution in [0.15, 0.2) is 31.0 Å². The van der Waals surface area contributed by atoms with Gasteiger partial charge in [-0.3, -0.25) is 0 Å². The molecule has 0 unspecified atom stereocenters. The zero-order chi connectivity index (χ0) is 9.97. The number of aryl methyl sites for hydroxylation is 1. The normalized spacial score (nSPS) is 10.6. The number of fused-ring (bicyclic) bond motifs is 1. The lowest BCUT2D eigenvalue weighted by Gasteiger charge is -2.02. The molecular formula is C10H10ClN3. The second kappa shape index (κ2) is 3.80. The Hall–Kier alpha value is -1.35. The molecule has 0 radical (unpaired) electrons. The van der Waals surface area contributed by atoms with Gasteiger partial charge >= 0.3 is 0 Å². The van der Waals surface area contributed by atoms with Gasteiger partial charge in [-0.05, 0) is 18.9 Å². The van der Waals surface area contributed by atoms with Crippen molar-refractivity contribution in [3.63, 3.8) is 0 Å². The fourth-order valence-electron chi connectivity index (χ4n) is 1.37. The summed E-state index contributed by atoms with van der Waals surface area (Å²) < 4.78 is 1.80. The molecule has 4 heteroatoms. The second-order valence-electron chi connectivity index (χ2n) is 3.00. The molecule has 3 nitrogen and oxygen atoms in total. The first kappa shape index (κ1) is 9.21. The SMILES string of the molecule is C=CCCc1cc(Cl)nc2ccnn12. The zero-order valence-electron chi connectivity index (χ0n) is 7.65. The molecule has 0 atom stereocenters. The smallest absolute Gasteiger partial charge is 0.156 e. The van der Waals surface area contributed by atoms with Crippen LogP contribution in [0, 0.1) is 0 Å². The van der Waals surface area contributed by atoms with Gasteiger partial charge in [-0.25, -0.2) is 9.50 Å². The van der Waals surface area contributed by atoms with Gasteiger partial charge in [0.25, 0.3) is 0 Å². The molecular weight excluding hydrogens is 198 g/mol. The van der Waals surface area contributed by atoms with E-state index in [4.69, 9.17) is 11.6 Å². The maximum absolute atomic E-state index is 5.88. The molecule has 0 aromatic carbocycles. The molecule has 0 N–H and O–H groups in total. The fraction of sp³-hybridized carbons (Fsp3) is 0.200. The van der Waals surface area contributed by atoms with Crippen LogP contribution < -0.4 is 0 Å². The van der Waals surface area contributed by atoms with Crippen molar-refractivity contribution >= 4 is 17.2 Å². The van der Waals surface area contributed by atoms with Crippen LogP contribution in [0.25, 0.3) is 5.65 Å². The van der Waals surface area contributed by atoms with Gasteiger partial charge in [0.1, 0.15) is 5.15 Å². The minimum Gasteiger partial charge on any atom is -0.219 e. The number of hydrogen-bond acceptors (Lipinski definition) is 2. The lowest BCUT2D eigenvalue weighted by Crippen LogP contribution is -2.00. The lowest BCUT2D eigenvalue weighted by molar-refractivity contribution is 0.821. The van der Waals surface area contributed by atoms with Gasteiger partial charge in [0, 0.05) is 11.8 Å². The Bertz CT molecular complexity index is 461. The van der Waals surface area contributed by atoms with Crippen LogP contribution >= 0.6 is 11.6 Å². The van der Waals surface area contributed by atoms with Gasteiger partial charge < -0.3 is 0 Å².